The molecule has 0 spiro atoms. The van der Waals surface area contributed by atoms with Gasteiger partial charge in [0.1, 0.15) is 0 Å². The van der Waals surface area contributed by atoms with Crippen LogP contribution in [0, 0.1) is 16.0 Å². The van der Waals surface area contributed by atoms with Crippen LogP contribution in [-0.2, 0) is 16.4 Å². The zero-order chi connectivity index (χ0) is 16.3. The summed E-state index contributed by atoms with van der Waals surface area (Å²) in [6, 6.07) is 3.84. The largest absolute Gasteiger partial charge is 0.316 e. The number of piperidine rings is 1. The van der Waals surface area contributed by atoms with E-state index in [-0.39, 0.29) is 22.5 Å². The van der Waals surface area contributed by atoms with Crippen molar-refractivity contribution in [3.05, 3.63) is 33.9 Å². The Labute approximate surface area is 130 Å². The molecule has 2 atom stereocenters. The molecule has 0 radical (unpaired) electrons. The van der Waals surface area contributed by atoms with Gasteiger partial charge < -0.3 is 5.32 Å². The highest BCUT2D eigenvalue weighted by Gasteiger charge is 2.28. The Morgan fingerprint density at radius 2 is 2.18 bits per heavy atom. The molecule has 1 fully saturated rings. The maximum atomic E-state index is 12.6. The molecule has 0 aliphatic carbocycles. The molecule has 1 aromatic rings. The number of nitro groups is 1. The lowest BCUT2D eigenvalue weighted by molar-refractivity contribution is -0.385. The van der Waals surface area contributed by atoms with E-state index in [0.717, 1.165) is 19.2 Å². The summed E-state index contributed by atoms with van der Waals surface area (Å²) in [6.07, 6.45) is 1.20. The van der Waals surface area contributed by atoms with Crippen LogP contribution in [0.4, 0.5) is 5.69 Å². The van der Waals surface area contributed by atoms with Crippen LogP contribution >= 0.6 is 0 Å². The smallest absolute Gasteiger partial charge is 0.270 e. The van der Waals surface area contributed by atoms with Gasteiger partial charge in [-0.05, 0) is 37.4 Å². The number of hydrogen-bond donors (Lipinski definition) is 2. The Morgan fingerprint density at radius 1 is 1.45 bits per heavy atom. The molecule has 1 saturated heterocycles. The number of aryl methyl sites for hydroxylation is 1. The quantitative estimate of drug-likeness (QED) is 0.629. The first-order valence-corrected chi connectivity index (χ1v) is 8.84. The van der Waals surface area contributed by atoms with Crippen molar-refractivity contribution < 1.29 is 13.3 Å². The van der Waals surface area contributed by atoms with Gasteiger partial charge in [0.05, 0.1) is 9.82 Å². The molecule has 1 aliphatic heterocycles. The van der Waals surface area contributed by atoms with Gasteiger partial charge in [0.15, 0.2) is 0 Å². The summed E-state index contributed by atoms with van der Waals surface area (Å²) in [5.41, 5.74) is 0.371. The van der Waals surface area contributed by atoms with Gasteiger partial charge in [0, 0.05) is 18.2 Å². The van der Waals surface area contributed by atoms with E-state index in [1.807, 2.05) is 13.8 Å². The number of nitrogens with zero attached hydrogens (tertiary/aromatic N) is 1. The van der Waals surface area contributed by atoms with Crippen LogP contribution in [0.5, 0.6) is 0 Å². The lowest BCUT2D eigenvalue weighted by Crippen LogP contribution is -2.48. The van der Waals surface area contributed by atoms with E-state index in [4.69, 9.17) is 0 Å². The molecule has 2 N–H and O–H groups in total. The minimum Gasteiger partial charge on any atom is -0.316 e. The summed E-state index contributed by atoms with van der Waals surface area (Å²) in [4.78, 5) is 10.3. The molecular weight excluding hydrogens is 306 g/mol. The maximum absolute atomic E-state index is 12.6. The Kier molecular flexibility index (Phi) is 5.15. The fourth-order valence-corrected chi connectivity index (χ4v) is 4.36. The van der Waals surface area contributed by atoms with Crippen LogP contribution in [0.2, 0.25) is 0 Å². The van der Waals surface area contributed by atoms with Gasteiger partial charge in [0.25, 0.3) is 5.69 Å². The molecule has 0 bridgehead atoms. The first-order valence-electron chi connectivity index (χ1n) is 7.35. The number of hydrogen-bond acceptors (Lipinski definition) is 5. The van der Waals surface area contributed by atoms with Crippen LogP contribution < -0.4 is 10.0 Å². The summed E-state index contributed by atoms with van der Waals surface area (Å²) >= 11 is 0. The third kappa shape index (κ3) is 3.63. The van der Waals surface area contributed by atoms with Gasteiger partial charge in [-0.15, -0.1) is 0 Å². The van der Waals surface area contributed by atoms with Gasteiger partial charge in [-0.2, -0.15) is 0 Å². The Balaban J connectivity index is 2.35. The van der Waals surface area contributed by atoms with E-state index in [2.05, 4.69) is 10.0 Å². The van der Waals surface area contributed by atoms with Crippen molar-refractivity contribution >= 4 is 15.7 Å². The highest BCUT2D eigenvalue weighted by molar-refractivity contribution is 7.89. The minimum atomic E-state index is -3.77. The molecule has 1 aliphatic rings. The van der Waals surface area contributed by atoms with Gasteiger partial charge >= 0.3 is 0 Å². The van der Waals surface area contributed by atoms with Gasteiger partial charge in [-0.25, -0.2) is 13.1 Å². The third-order valence-electron chi connectivity index (χ3n) is 4.02. The second kappa shape index (κ2) is 6.72. The predicted octanol–water partition coefficient (Wildman–Crippen LogP) is 1.43. The predicted molar refractivity (Wildman–Crippen MR) is 83.2 cm³/mol. The van der Waals surface area contributed by atoms with Gasteiger partial charge in [-0.1, -0.05) is 19.9 Å². The molecule has 0 aromatic heterocycles. The lowest BCUT2D eigenvalue weighted by Gasteiger charge is -2.30. The second-order valence-electron chi connectivity index (χ2n) is 5.60. The monoisotopic (exact) mass is 327 g/mol. The molecule has 0 amide bonds. The lowest BCUT2D eigenvalue weighted by atomic mass is 9.97. The molecular formula is C14H21N3O4S. The normalized spacial score (nSPS) is 22.5. The average Bonchev–Trinajstić information content (AvgIpc) is 2.48. The molecule has 1 aromatic carbocycles. The summed E-state index contributed by atoms with van der Waals surface area (Å²) in [7, 11) is -3.77. The first kappa shape index (κ1) is 16.9. The number of nitro benzene ring substituents is 1. The molecule has 122 valence electrons. The Hall–Kier alpha value is -1.51. The summed E-state index contributed by atoms with van der Waals surface area (Å²) < 4.78 is 28.0. The number of rotatable bonds is 5. The molecule has 0 saturated carbocycles. The Morgan fingerprint density at radius 3 is 2.77 bits per heavy atom. The van der Waals surface area contributed by atoms with Crippen molar-refractivity contribution in [2.75, 3.05) is 13.1 Å². The van der Waals surface area contributed by atoms with E-state index in [9.17, 15) is 18.5 Å². The summed E-state index contributed by atoms with van der Waals surface area (Å²) in [5.74, 6) is 0.173. The SMILES string of the molecule is CCc1ccc([N+](=O)[O-])cc1S(=O)(=O)NC1CCNCC1C. The summed E-state index contributed by atoms with van der Waals surface area (Å²) in [6.45, 7) is 5.32. The molecule has 2 rings (SSSR count). The van der Waals surface area contributed by atoms with Crippen molar-refractivity contribution in [1.82, 2.24) is 10.0 Å². The van der Waals surface area contributed by atoms with Gasteiger partial charge in [0.2, 0.25) is 10.0 Å². The molecule has 2 unspecified atom stereocenters. The number of benzene rings is 1. The zero-order valence-corrected chi connectivity index (χ0v) is 13.5. The molecule has 22 heavy (non-hydrogen) atoms. The second-order valence-corrected chi connectivity index (χ2v) is 7.28. The molecule has 8 heteroatoms. The van der Waals surface area contributed by atoms with E-state index in [0.29, 0.717) is 18.4 Å². The van der Waals surface area contributed by atoms with Crippen molar-refractivity contribution in [3.63, 3.8) is 0 Å². The van der Waals surface area contributed by atoms with E-state index in [1.165, 1.54) is 12.1 Å². The van der Waals surface area contributed by atoms with Crippen LogP contribution in [0.25, 0.3) is 0 Å². The van der Waals surface area contributed by atoms with Crippen molar-refractivity contribution in [2.24, 2.45) is 5.92 Å². The standard InChI is InChI=1S/C14H21N3O4S/c1-3-11-4-5-12(17(18)19)8-14(11)22(20,21)16-13-6-7-15-9-10(13)2/h4-5,8,10,13,15-16H,3,6-7,9H2,1-2H3. The van der Waals surface area contributed by atoms with Gasteiger partial charge in [-0.3, -0.25) is 10.1 Å². The van der Waals surface area contributed by atoms with Crippen LogP contribution in [-0.4, -0.2) is 32.5 Å². The zero-order valence-electron chi connectivity index (χ0n) is 12.7. The van der Waals surface area contributed by atoms with Crippen LogP contribution in [0.1, 0.15) is 25.8 Å². The molecule has 7 nitrogen and oxygen atoms in total. The Bertz CT molecular complexity index is 660. The third-order valence-corrected chi connectivity index (χ3v) is 5.60. The number of non-ortho nitro benzene ring substituents is 1. The summed E-state index contributed by atoms with van der Waals surface area (Å²) in [5, 5.41) is 14.1. The minimum absolute atomic E-state index is 0.00920. The van der Waals surface area contributed by atoms with Crippen LogP contribution in [0.3, 0.4) is 0 Å². The highest BCUT2D eigenvalue weighted by atomic mass is 32.2. The fourth-order valence-electron chi connectivity index (χ4n) is 2.65. The maximum Gasteiger partial charge on any atom is 0.270 e. The van der Waals surface area contributed by atoms with E-state index >= 15 is 0 Å². The first-order chi connectivity index (χ1) is 10.3. The highest BCUT2D eigenvalue weighted by Crippen LogP contribution is 2.24. The van der Waals surface area contributed by atoms with E-state index < -0.39 is 14.9 Å². The average molecular weight is 327 g/mol. The molecule has 1 heterocycles. The topological polar surface area (TPSA) is 101 Å². The van der Waals surface area contributed by atoms with Crippen molar-refractivity contribution in [1.29, 1.82) is 0 Å². The fraction of sp³-hybridized carbons (Fsp3) is 0.571. The van der Waals surface area contributed by atoms with E-state index in [1.54, 1.807) is 0 Å². The van der Waals surface area contributed by atoms with Crippen molar-refractivity contribution in [3.8, 4) is 0 Å². The van der Waals surface area contributed by atoms with Crippen LogP contribution in [0.15, 0.2) is 23.1 Å². The number of sulfonamides is 1. The van der Waals surface area contributed by atoms with Crippen molar-refractivity contribution in [2.45, 2.75) is 37.6 Å². The number of nitrogens with one attached hydrogen (secondary N) is 2.